The van der Waals surface area contributed by atoms with Crippen LogP contribution in [0.3, 0.4) is 0 Å². The van der Waals surface area contributed by atoms with Crippen molar-refractivity contribution in [1.29, 1.82) is 0 Å². The Hall–Kier alpha value is -2.37. The Morgan fingerprint density at radius 1 is 1.50 bits per heavy atom. The Morgan fingerprint density at radius 3 is 2.80 bits per heavy atom. The molecule has 0 fully saturated rings. The zero-order chi connectivity index (χ0) is 14.7. The van der Waals surface area contributed by atoms with Gasteiger partial charge in [-0.05, 0) is 32.0 Å². The van der Waals surface area contributed by atoms with Gasteiger partial charge in [-0.15, -0.1) is 0 Å². The minimum Gasteiger partial charge on any atom is -0.348 e. The van der Waals surface area contributed by atoms with Crippen molar-refractivity contribution < 1.29 is 9.59 Å². The molecule has 0 saturated carbocycles. The van der Waals surface area contributed by atoms with E-state index in [9.17, 15) is 9.59 Å². The predicted octanol–water partition coefficient (Wildman–Crippen LogP) is 0.987. The Labute approximate surface area is 117 Å². The maximum Gasteiger partial charge on any atom is 0.294 e. The van der Waals surface area contributed by atoms with Gasteiger partial charge in [0.15, 0.2) is 0 Å². The first-order chi connectivity index (χ1) is 9.47. The molecule has 20 heavy (non-hydrogen) atoms. The lowest BCUT2D eigenvalue weighted by Crippen LogP contribution is -2.39. The number of aryl methyl sites for hydroxylation is 2. The molecule has 0 aromatic carbocycles. The number of H-pyrrole nitrogens is 1. The van der Waals surface area contributed by atoms with Gasteiger partial charge < -0.3 is 9.88 Å². The van der Waals surface area contributed by atoms with Crippen molar-refractivity contribution in [1.82, 2.24) is 20.1 Å². The first-order valence-electron chi connectivity index (χ1n) is 6.45. The maximum absolute atomic E-state index is 12.0. The SMILES string of the molecule is Cc1cc(C[C@@H](C)NC(=O)C(=O)c2cccn2C)n[nH]1. The lowest BCUT2D eigenvalue weighted by Gasteiger charge is -2.12. The molecule has 2 heterocycles. The lowest BCUT2D eigenvalue weighted by molar-refractivity contribution is -0.117. The first-order valence-corrected chi connectivity index (χ1v) is 6.45. The van der Waals surface area contributed by atoms with Crippen LogP contribution in [-0.4, -0.2) is 32.5 Å². The molecule has 0 saturated heterocycles. The molecular formula is C14H18N4O2. The van der Waals surface area contributed by atoms with Crippen LogP contribution in [0.5, 0.6) is 0 Å². The summed E-state index contributed by atoms with van der Waals surface area (Å²) >= 11 is 0. The summed E-state index contributed by atoms with van der Waals surface area (Å²) in [6.45, 7) is 3.76. The molecule has 0 aliphatic heterocycles. The van der Waals surface area contributed by atoms with Crippen LogP contribution in [-0.2, 0) is 18.3 Å². The fourth-order valence-corrected chi connectivity index (χ4v) is 2.05. The summed E-state index contributed by atoms with van der Waals surface area (Å²) in [6, 6.07) is 5.12. The summed E-state index contributed by atoms with van der Waals surface area (Å²) in [7, 11) is 1.73. The second-order valence-electron chi connectivity index (χ2n) is 4.95. The third kappa shape index (κ3) is 3.14. The number of aromatic amines is 1. The van der Waals surface area contributed by atoms with E-state index in [2.05, 4.69) is 15.5 Å². The molecule has 2 aromatic heterocycles. The van der Waals surface area contributed by atoms with Crippen LogP contribution in [0, 0.1) is 6.92 Å². The van der Waals surface area contributed by atoms with Gasteiger partial charge in [0.25, 0.3) is 11.7 Å². The van der Waals surface area contributed by atoms with Crippen LogP contribution in [0.1, 0.15) is 28.8 Å². The number of nitrogens with zero attached hydrogens (tertiary/aromatic N) is 2. The highest BCUT2D eigenvalue weighted by atomic mass is 16.2. The monoisotopic (exact) mass is 274 g/mol. The van der Waals surface area contributed by atoms with E-state index in [4.69, 9.17) is 0 Å². The summed E-state index contributed by atoms with van der Waals surface area (Å²) in [6.07, 6.45) is 2.31. The van der Waals surface area contributed by atoms with Gasteiger partial charge in [0.2, 0.25) is 0 Å². The molecule has 0 spiro atoms. The van der Waals surface area contributed by atoms with Crippen molar-refractivity contribution in [3.8, 4) is 0 Å². The van der Waals surface area contributed by atoms with Crippen molar-refractivity contribution in [3.63, 3.8) is 0 Å². The molecule has 0 aliphatic rings. The third-order valence-corrected chi connectivity index (χ3v) is 3.03. The molecule has 106 valence electrons. The number of amides is 1. The number of nitrogens with one attached hydrogen (secondary N) is 2. The summed E-state index contributed by atoms with van der Waals surface area (Å²) < 4.78 is 1.63. The average molecular weight is 274 g/mol. The van der Waals surface area contributed by atoms with Crippen LogP contribution in [0.4, 0.5) is 0 Å². The number of hydrogen-bond acceptors (Lipinski definition) is 3. The Balaban J connectivity index is 1.94. The van der Waals surface area contributed by atoms with Gasteiger partial charge in [-0.1, -0.05) is 0 Å². The second kappa shape index (κ2) is 5.73. The van der Waals surface area contributed by atoms with E-state index in [1.807, 2.05) is 19.9 Å². The molecule has 1 atom stereocenters. The fraction of sp³-hybridized carbons (Fsp3) is 0.357. The number of carbonyl (C=O) groups is 2. The molecule has 2 N–H and O–H groups in total. The summed E-state index contributed by atoms with van der Waals surface area (Å²) in [4.78, 5) is 23.9. The van der Waals surface area contributed by atoms with Gasteiger partial charge in [0.05, 0.1) is 11.4 Å². The van der Waals surface area contributed by atoms with Gasteiger partial charge in [0, 0.05) is 31.4 Å². The van der Waals surface area contributed by atoms with Gasteiger partial charge in [0.1, 0.15) is 0 Å². The molecule has 6 heteroatoms. The first kappa shape index (κ1) is 14.0. The molecule has 0 radical (unpaired) electrons. The number of carbonyl (C=O) groups excluding carboxylic acids is 2. The molecule has 2 rings (SSSR count). The molecule has 0 unspecified atom stereocenters. The zero-order valence-electron chi connectivity index (χ0n) is 11.8. The molecule has 2 aromatic rings. The smallest absolute Gasteiger partial charge is 0.294 e. The molecular weight excluding hydrogens is 256 g/mol. The molecule has 6 nitrogen and oxygen atoms in total. The predicted molar refractivity (Wildman–Crippen MR) is 74.4 cm³/mol. The molecule has 0 bridgehead atoms. The van der Waals surface area contributed by atoms with E-state index in [1.54, 1.807) is 29.9 Å². The van der Waals surface area contributed by atoms with Crippen molar-refractivity contribution in [2.45, 2.75) is 26.3 Å². The van der Waals surface area contributed by atoms with Crippen LogP contribution in [0.15, 0.2) is 24.4 Å². The third-order valence-electron chi connectivity index (χ3n) is 3.03. The Kier molecular flexibility index (Phi) is 4.02. The van der Waals surface area contributed by atoms with Crippen molar-refractivity contribution in [2.75, 3.05) is 0 Å². The lowest BCUT2D eigenvalue weighted by atomic mass is 10.1. The maximum atomic E-state index is 12.0. The van der Waals surface area contributed by atoms with E-state index in [0.29, 0.717) is 12.1 Å². The largest absolute Gasteiger partial charge is 0.348 e. The number of aromatic nitrogens is 3. The number of rotatable bonds is 5. The standard InChI is InChI=1S/C14H18N4O2/c1-9(7-11-8-10(2)16-17-11)15-14(20)13(19)12-5-4-6-18(12)3/h4-6,8-9H,7H2,1-3H3,(H,15,20)(H,16,17)/t9-/m1/s1. The van der Waals surface area contributed by atoms with E-state index < -0.39 is 11.7 Å². The highest BCUT2D eigenvalue weighted by Gasteiger charge is 2.20. The van der Waals surface area contributed by atoms with Crippen LogP contribution >= 0.6 is 0 Å². The summed E-state index contributed by atoms with van der Waals surface area (Å²) in [5, 5.41) is 9.65. The normalized spacial score (nSPS) is 12.2. The highest BCUT2D eigenvalue weighted by molar-refractivity contribution is 6.42. The van der Waals surface area contributed by atoms with Gasteiger partial charge >= 0.3 is 0 Å². The molecule has 1 amide bonds. The van der Waals surface area contributed by atoms with Gasteiger partial charge in [-0.25, -0.2) is 0 Å². The van der Waals surface area contributed by atoms with Crippen molar-refractivity contribution in [3.05, 3.63) is 41.5 Å². The average Bonchev–Trinajstić information content (AvgIpc) is 2.97. The van der Waals surface area contributed by atoms with Crippen molar-refractivity contribution in [2.24, 2.45) is 7.05 Å². The number of ketones is 1. The number of Topliss-reactive ketones (excluding diaryl/α,β-unsaturated/α-hetero) is 1. The zero-order valence-corrected chi connectivity index (χ0v) is 11.8. The number of hydrogen-bond donors (Lipinski definition) is 2. The van der Waals surface area contributed by atoms with Gasteiger partial charge in [-0.3, -0.25) is 14.7 Å². The topological polar surface area (TPSA) is 79.8 Å². The second-order valence-corrected chi connectivity index (χ2v) is 4.95. The van der Waals surface area contributed by atoms with Crippen LogP contribution in [0.2, 0.25) is 0 Å². The Bertz CT molecular complexity index is 627. The van der Waals surface area contributed by atoms with E-state index in [-0.39, 0.29) is 6.04 Å². The highest BCUT2D eigenvalue weighted by Crippen LogP contribution is 2.04. The minimum atomic E-state index is -0.591. The minimum absolute atomic E-state index is 0.158. The van der Waals surface area contributed by atoms with E-state index >= 15 is 0 Å². The van der Waals surface area contributed by atoms with E-state index in [1.165, 1.54) is 0 Å². The quantitative estimate of drug-likeness (QED) is 0.630. The summed E-state index contributed by atoms with van der Waals surface area (Å²) in [5.41, 5.74) is 2.21. The van der Waals surface area contributed by atoms with Crippen LogP contribution < -0.4 is 5.32 Å². The summed E-state index contributed by atoms with van der Waals surface area (Å²) in [5.74, 6) is -1.12. The fourth-order valence-electron chi connectivity index (χ4n) is 2.05. The molecule has 0 aliphatic carbocycles. The van der Waals surface area contributed by atoms with Crippen LogP contribution in [0.25, 0.3) is 0 Å². The van der Waals surface area contributed by atoms with E-state index in [0.717, 1.165) is 11.4 Å². The van der Waals surface area contributed by atoms with Crippen molar-refractivity contribution >= 4 is 11.7 Å². The Morgan fingerprint density at radius 2 is 2.25 bits per heavy atom. The van der Waals surface area contributed by atoms with Gasteiger partial charge in [-0.2, -0.15) is 5.10 Å².